The molecule has 0 spiro atoms. The van der Waals surface area contributed by atoms with E-state index in [1.54, 1.807) is 0 Å². The Bertz CT molecular complexity index is 903. The molecule has 0 saturated heterocycles. The van der Waals surface area contributed by atoms with E-state index in [0.717, 1.165) is 17.0 Å². The molecule has 0 aliphatic carbocycles. The lowest BCUT2D eigenvalue weighted by molar-refractivity contribution is -0.143. The van der Waals surface area contributed by atoms with Crippen molar-refractivity contribution in [1.82, 2.24) is 19.5 Å². The Morgan fingerprint density at radius 3 is 2.64 bits per heavy atom. The van der Waals surface area contributed by atoms with Gasteiger partial charge in [0.25, 0.3) is 6.43 Å². The van der Waals surface area contributed by atoms with Gasteiger partial charge in [0.2, 0.25) is 0 Å². The van der Waals surface area contributed by atoms with Crippen molar-refractivity contribution in [2.75, 3.05) is 5.32 Å². The highest BCUT2D eigenvalue weighted by atomic mass is 19.4. The zero-order valence-electron chi connectivity index (χ0n) is 12.8. The molecule has 0 unspecified atom stereocenters. The Morgan fingerprint density at radius 2 is 1.96 bits per heavy atom. The van der Waals surface area contributed by atoms with Gasteiger partial charge in [-0.1, -0.05) is 0 Å². The quantitative estimate of drug-likeness (QED) is 0.713. The molecule has 0 aliphatic heterocycles. The monoisotopic (exact) mass is 357 g/mol. The number of rotatable bonds is 4. The third-order valence-corrected chi connectivity index (χ3v) is 3.68. The van der Waals surface area contributed by atoms with Gasteiger partial charge >= 0.3 is 6.18 Å². The average Bonchev–Trinajstić information content (AvgIpc) is 2.92. The number of pyridine rings is 1. The number of nitrogens with one attached hydrogen (secondary N) is 1. The minimum Gasteiger partial charge on any atom is -0.352 e. The molecule has 10 heteroatoms. The summed E-state index contributed by atoms with van der Waals surface area (Å²) in [5.74, 6) is 0.0382. The second-order valence-electron chi connectivity index (χ2n) is 5.24. The maximum absolute atomic E-state index is 13.3. The van der Waals surface area contributed by atoms with Gasteiger partial charge in [0.1, 0.15) is 29.2 Å². The van der Waals surface area contributed by atoms with E-state index in [9.17, 15) is 22.0 Å². The van der Waals surface area contributed by atoms with E-state index in [1.807, 2.05) is 0 Å². The Hall–Kier alpha value is -2.78. The van der Waals surface area contributed by atoms with Crippen molar-refractivity contribution in [2.24, 2.45) is 0 Å². The number of halogens is 5. The molecule has 5 nitrogen and oxygen atoms in total. The van der Waals surface area contributed by atoms with Crippen LogP contribution in [0.2, 0.25) is 0 Å². The van der Waals surface area contributed by atoms with Gasteiger partial charge in [0.15, 0.2) is 0 Å². The summed E-state index contributed by atoms with van der Waals surface area (Å²) in [6, 6.07) is 4.03. The van der Waals surface area contributed by atoms with Gasteiger partial charge in [-0.2, -0.15) is 13.2 Å². The SMILES string of the molecule is Cc1c(NCn2c(C(F)(F)F)cc3cccnc32)ncnc1C(F)F. The standard InChI is InChI=1S/C15H12F5N5/c1-8-11(12(16)17)22-6-23-13(8)24-7-25-10(15(18,19)20)5-9-3-2-4-21-14(9)25/h2-6,12H,7H2,1H3,(H,22,23,24). The van der Waals surface area contributed by atoms with Crippen molar-refractivity contribution < 1.29 is 22.0 Å². The van der Waals surface area contributed by atoms with Crippen LogP contribution in [0.5, 0.6) is 0 Å². The fraction of sp³-hybridized carbons (Fsp3) is 0.267. The molecule has 0 atom stereocenters. The van der Waals surface area contributed by atoms with E-state index < -0.39 is 24.0 Å². The molecule has 25 heavy (non-hydrogen) atoms. The molecule has 0 fully saturated rings. The molecule has 0 aliphatic rings. The minimum atomic E-state index is -4.59. The number of hydrogen-bond acceptors (Lipinski definition) is 4. The predicted molar refractivity (Wildman–Crippen MR) is 80.1 cm³/mol. The van der Waals surface area contributed by atoms with Crippen LogP contribution >= 0.6 is 0 Å². The smallest absolute Gasteiger partial charge is 0.352 e. The molecule has 3 aromatic rings. The third-order valence-electron chi connectivity index (χ3n) is 3.68. The van der Waals surface area contributed by atoms with Gasteiger partial charge in [-0.15, -0.1) is 0 Å². The summed E-state index contributed by atoms with van der Waals surface area (Å²) in [6.07, 6.45) is -5.07. The lowest BCUT2D eigenvalue weighted by Crippen LogP contribution is -2.18. The van der Waals surface area contributed by atoms with Gasteiger partial charge in [-0.05, 0) is 25.1 Å². The highest BCUT2D eigenvalue weighted by Crippen LogP contribution is 2.33. The van der Waals surface area contributed by atoms with Gasteiger partial charge in [-0.25, -0.2) is 23.7 Å². The lowest BCUT2D eigenvalue weighted by atomic mass is 10.2. The van der Waals surface area contributed by atoms with Crippen molar-refractivity contribution in [2.45, 2.75) is 26.2 Å². The van der Waals surface area contributed by atoms with Crippen LogP contribution in [0.25, 0.3) is 11.0 Å². The zero-order valence-corrected chi connectivity index (χ0v) is 12.8. The second-order valence-corrected chi connectivity index (χ2v) is 5.24. The molecule has 3 rings (SSSR count). The maximum atomic E-state index is 13.3. The highest BCUT2D eigenvalue weighted by molar-refractivity contribution is 5.77. The summed E-state index contributed by atoms with van der Waals surface area (Å²) in [6.45, 7) is 1.04. The normalized spacial score (nSPS) is 12.1. The number of nitrogens with zero attached hydrogens (tertiary/aromatic N) is 4. The van der Waals surface area contributed by atoms with Crippen LogP contribution < -0.4 is 5.32 Å². The fourth-order valence-corrected chi connectivity index (χ4v) is 2.50. The van der Waals surface area contributed by atoms with Crippen molar-refractivity contribution >= 4 is 16.9 Å². The number of fused-ring (bicyclic) bond motifs is 1. The zero-order chi connectivity index (χ0) is 18.2. The van der Waals surface area contributed by atoms with Gasteiger partial charge in [-0.3, -0.25) is 0 Å². The van der Waals surface area contributed by atoms with Crippen molar-refractivity contribution in [3.8, 4) is 0 Å². The number of alkyl halides is 5. The first-order chi connectivity index (χ1) is 11.8. The minimum absolute atomic E-state index is 0.0382. The van der Waals surface area contributed by atoms with Crippen LogP contribution in [0.3, 0.4) is 0 Å². The second kappa shape index (κ2) is 6.26. The van der Waals surface area contributed by atoms with Gasteiger partial charge in [0, 0.05) is 17.1 Å². The van der Waals surface area contributed by atoms with E-state index in [0.29, 0.717) is 5.39 Å². The highest BCUT2D eigenvalue weighted by Gasteiger charge is 2.35. The van der Waals surface area contributed by atoms with E-state index in [1.165, 1.54) is 25.3 Å². The summed E-state index contributed by atoms with van der Waals surface area (Å²) >= 11 is 0. The first-order valence-electron chi connectivity index (χ1n) is 7.14. The Morgan fingerprint density at radius 1 is 1.20 bits per heavy atom. The summed E-state index contributed by atoms with van der Waals surface area (Å²) in [7, 11) is 0. The number of anilines is 1. The van der Waals surface area contributed by atoms with Crippen LogP contribution in [0.4, 0.5) is 27.8 Å². The lowest BCUT2D eigenvalue weighted by Gasteiger charge is -2.15. The summed E-state index contributed by atoms with van der Waals surface area (Å²) in [4.78, 5) is 11.3. The van der Waals surface area contributed by atoms with Crippen LogP contribution in [0, 0.1) is 6.92 Å². The average molecular weight is 357 g/mol. The van der Waals surface area contributed by atoms with Crippen LogP contribution in [0.15, 0.2) is 30.7 Å². The largest absolute Gasteiger partial charge is 0.431 e. The Balaban J connectivity index is 1.98. The third kappa shape index (κ3) is 3.24. The molecule has 0 amide bonds. The topological polar surface area (TPSA) is 55.6 Å². The first kappa shape index (κ1) is 17.1. The predicted octanol–water partition coefficient (Wildman–Crippen LogP) is 4.16. The first-order valence-corrected chi connectivity index (χ1v) is 7.14. The maximum Gasteiger partial charge on any atom is 0.431 e. The molecular formula is C15H12F5N5. The van der Waals surface area contributed by atoms with Crippen LogP contribution in [-0.2, 0) is 12.8 Å². The summed E-state index contributed by atoms with van der Waals surface area (Å²) < 4.78 is 66.4. The molecule has 3 heterocycles. The van der Waals surface area contributed by atoms with Gasteiger partial charge in [0.05, 0.1) is 6.67 Å². The Kier molecular flexibility index (Phi) is 4.27. The van der Waals surface area contributed by atoms with Gasteiger partial charge < -0.3 is 9.88 Å². The number of aromatic nitrogens is 4. The van der Waals surface area contributed by atoms with Crippen molar-refractivity contribution in [1.29, 1.82) is 0 Å². The van der Waals surface area contributed by atoms with Crippen LogP contribution in [-0.4, -0.2) is 19.5 Å². The molecular weight excluding hydrogens is 345 g/mol. The summed E-state index contributed by atoms with van der Waals surface area (Å²) in [5, 5.41) is 2.98. The van der Waals surface area contributed by atoms with Crippen LogP contribution in [0.1, 0.15) is 23.4 Å². The summed E-state index contributed by atoms with van der Waals surface area (Å²) in [5.41, 5.74) is -1.16. The van der Waals surface area contributed by atoms with E-state index in [-0.39, 0.29) is 23.7 Å². The van der Waals surface area contributed by atoms with E-state index in [4.69, 9.17) is 0 Å². The van der Waals surface area contributed by atoms with Crippen molar-refractivity contribution in [3.63, 3.8) is 0 Å². The number of hydrogen-bond donors (Lipinski definition) is 1. The Labute approximate surface area is 138 Å². The molecule has 0 aromatic carbocycles. The fourth-order valence-electron chi connectivity index (χ4n) is 2.50. The molecule has 0 saturated carbocycles. The molecule has 1 N–H and O–H groups in total. The van der Waals surface area contributed by atoms with E-state index >= 15 is 0 Å². The van der Waals surface area contributed by atoms with E-state index in [2.05, 4.69) is 20.3 Å². The molecule has 0 bridgehead atoms. The molecule has 132 valence electrons. The van der Waals surface area contributed by atoms with Crippen molar-refractivity contribution in [3.05, 3.63) is 47.7 Å². The molecule has 0 radical (unpaired) electrons. The molecule has 3 aromatic heterocycles.